The van der Waals surface area contributed by atoms with E-state index in [2.05, 4.69) is 46.5 Å². The summed E-state index contributed by atoms with van der Waals surface area (Å²) in [5.41, 5.74) is 7.22. The highest BCUT2D eigenvalue weighted by Crippen LogP contribution is 2.27. The van der Waals surface area contributed by atoms with Gasteiger partial charge < -0.3 is 11.2 Å². The van der Waals surface area contributed by atoms with Crippen LogP contribution in [0.1, 0.15) is 70.8 Å². The molecule has 3 N–H and O–H groups in total. The number of hydrogen-bond donors (Lipinski definition) is 2. The lowest BCUT2D eigenvalue weighted by Gasteiger charge is -2.36. The Labute approximate surface area is 216 Å². The average Bonchev–Trinajstić information content (AvgIpc) is 3.13. The quantitative estimate of drug-likeness (QED) is 0.306. The zero-order valence-corrected chi connectivity index (χ0v) is 21.8. The number of hydrogen-bond acceptors (Lipinski definition) is 6. The van der Waals surface area contributed by atoms with Gasteiger partial charge in [0.1, 0.15) is 0 Å². The zero-order valence-electron chi connectivity index (χ0n) is 21.8. The van der Waals surface area contributed by atoms with Gasteiger partial charge in [0.2, 0.25) is 0 Å². The molecule has 0 radical (unpaired) electrons. The molecule has 4 rings (SSSR count). The molecule has 0 bridgehead atoms. The number of nitrogens with one attached hydrogen (secondary N) is 1. The van der Waals surface area contributed by atoms with E-state index >= 15 is 0 Å². The van der Waals surface area contributed by atoms with Gasteiger partial charge in [-0.15, -0.1) is 0 Å². The Hall–Kier alpha value is -3.17. The monoisotopic (exact) mass is 484 g/mol. The van der Waals surface area contributed by atoms with Crippen LogP contribution in [0.15, 0.2) is 69.3 Å². The van der Waals surface area contributed by atoms with Crippen molar-refractivity contribution in [2.45, 2.75) is 77.3 Å². The molecule has 0 saturated heterocycles. The smallest absolute Gasteiger partial charge is 0.0992 e. The maximum Gasteiger partial charge on any atom is 0.0992 e. The first-order valence-corrected chi connectivity index (χ1v) is 13.4. The highest BCUT2D eigenvalue weighted by atomic mass is 15.2. The summed E-state index contributed by atoms with van der Waals surface area (Å²) in [4.78, 5) is 7.53. The van der Waals surface area contributed by atoms with Gasteiger partial charge in [-0.1, -0.05) is 43.6 Å². The van der Waals surface area contributed by atoms with Crippen molar-refractivity contribution >= 4 is 17.1 Å². The van der Waals surface area contributed by atoms with Gasteiger partial charge in [0.15, 0.2) is 0 Å². The topological polar surface area (TPSA) is 89.8 Å². The highest BCUT2D eigenvalue weighted by molar-refractivity contribution is 6.47. The van der Waals surface area contributed by atoms with Gasteiger partial charge in [0.25, 0.3) is 0 Å². The molecule has 1 aromatic rings. The maximum atomic E-state index is 9.24. The van der Waals surface area contributed by atoms with E-state index < -0.39 is 0 Å². The molecule has 6 heteroatoms. The molecule has 1 atom stereocenters. The number of nitriles is 1. The van der Waals surface area contributed by atoms with Crippen LogP contribution in [-0.4, -0.2) is 48.0 Å². The number of anilines is 1. The maximum absolute atomic E-state index is 9.24. The fourth-order valence-electron chi connectivity index (χ4n) is 5.64. The van der Waals surface area contributed by atoms with Gasteiger partial charge in [-0.05, 0) is 80.9 Å². The molecule has 1 aromatic carbocycles. The van der Waals surface area contributed by atoms with Crippen molar-refractivity contribution in [2.75, 3.05) is 25.0 Å². The predicted molar refractivity (Wildman–Crippen MR) is 150 cm³/mol. The minimum Gasteiger partial charge on any atom is -0.382 e. The zero-order chi connectivity index (χ0) is 25.3. The fourth-order valence-corrected chi connectivity index (χ4v) is 5.64. The molecular weight excluding hydrogens is 444 g/mol. The Morgan fingerprint density at radius 3 is 2.78 bits per heavy atom. The van der Waals surface area contributed by atoms with E-state index in [0.29, 0.717) is 12.1 Å². The Morgan fingerprint density at radius 1 is 1.22 bits per heavy atom. The first kappa shape index (κ1) is 25.9. The number of nitrogens with zero attached hydrogens (tertiary/aromatic N) is 4. The van der Waals surface area contributed by atoms with Gasteiger partial charge in [-0.25, -0.2) is 0 Å². The molecular formula is C30H40N6. The molecule has 190 valence electrons. The molecule has 2 heterocycles. The van der Waals surface area contributed by atoms with E-state index in [4.69, 9.17) is 10.8 Å². The summed E-state index contributed by atoms with van der Waals surface area (Å²) in [5.74, 6) is 5.66. The third kappa shape index (κ3) is 6.73. The van der Waals surface area contributed by atoms with E-state index in [1.165, 1.54) is 43.3 Å². The summed E-state index contributed by atoms with van der Waals surface area (Å²) in [6.45, 7) is 7.09. The van der Waals surface area contributed by atoms with Crippen molar-refractivity contribution in [1.29, 1.82) is 5.26 Å². The third-order valence-electron chi connectivity index (χ3n) is 7.79. The number of benzene rings is 1. The summed E-state index contributed by atoms with van der Waals surface area (Å²) in [5, 5.41) is 16.8. The molecule has 1 fully saturated rings. The van der Waals surface area contributed by atoms with Gasteiger partial charge >= 0.3 is 0 Å². The third-order valence-corrected chi connectivity index (χ3v) is 7.79. The number of aliphatic imine (C=N–C) groups is 1. The summed E-state index contributed by atoms with van der Waals surface area (Å²) in [6, 6.07) is 10.9. The first-order valence-electron chi connectivity index (χ1n) is 13.4. The molecule has 6 nitrogen and oxygen atoms in total. The molecule has 3 aliphatic rings. The Balaban J connectivity index is 1.49. The highest BCUT2D eigenvalue weighted by Gasteiger charge is 2.23. The van der Waals surface area contributed by atoms with Crippen LogP contribution in [0.2, 0.25) is 0 Å². The number of rotatable bonds is 6. The lowest BCUT2D eigenvalue weighted by Crippen LogP contribution is -2.39. The second-order valence-electron chi connectivity index (χ2n) is 10.3. The van der Waals surface area contributed by atoms with Crippen molar-refractivity contribution in [3.05, 3.63) is 64.8 Å². The lowest BCUT2D eigenvalue weighted by molar-refractivity contribution is 0.168. The van der Waals surface area contributed by atoms with E-state index in [1.54, 1.807) is 0 Å². The van der Waals surface area contributed by atoms with Gasteiger partial charge in [0, 0.05) is 37.4 Å². The summed E-state index contributed by atoms with van der Waals surface area (Å²) >= 11 is 0. The van der Waals surface area contributed by atoms with E-state index in [1.807, 2.05) is 31.2 Å². The van der Waals surface area contributed by atoms with Crippen molar-refractivity contribution in [2.24, 2.45) is 15.9 Å². The Bertz CT molecular complexity index is 1110. The van der Waals surface area contributed by atoms with Gasteiger partial charge in [-0.3, -0.25) is 9.89 Å². The van der Waals surface area contributed by atoms with Gasteiger partial charge in [0.05, 0.1) is 23.1 Å². The number of allylic oxidation sites excluding steroid dienone is 3. The van der Waals surface area contributed by atoms with Crippen molar-refractivity contribution < 1.29 is 0 Å². The predicted octanol–water partition coefficient (Wildman–Crippen LogP) is 5.75. The minimum absolute atomic E-state index is 0.212. The van der Waals surface area contributed by atoms with Crippen molar-refractivity contribution in [3.8, 4) is 6.07 Å². The van der Waals surface area contributed by atoms with Crippen LogP contribution in [0, 0.1) is 11.3 Å². The number of nitrogens with two attached hydrogens (primary N) is 1. The average molecular weight is 485 g/mol. The second-order valence-corrected chi connectivity index (χ2v) is 10.3. The number of hydrazone groups is 1. The Kier molecular flexibility index (Phi) is 9.13. The molecule has 2 aliphatic heterocycles. The van der Waals surface area contributed by atoms with Crippen LogP contribution in [0.5, 0.6) is 0 Å². The molecule has 0 spiro atoms. The molecule has 1 saturated carbocycles. The normalized spacial score (nSPS) is 24.0. The largest absolute Gasteiger partial charge is 0.382 e. The van der Waals surface area contributed by atoms with Crippen LogP contribution in [-0.2, 0) is 0 Å². The van der Waals surface area contributed by atoms with E-state index in [-0.39, 0.29) is 6.04 Å². The minimum atomic E-state index is 0.212. The van der Waals surface area contributed by atoms with E-state index in [0.717, 1.165) is 61.1 Å². The van der Waals surface area contributed by atoms with Crippen LogP contribution < -0.4 is 11.2 Å². The molecule has 36 heavy (non-hydrogen) atoms. The molecule has 1 aliphatic carbocycles. The Morgan fingerprint density at radius 2 is 2.06 bits per heavy atom. The van der Waals surface area contributed by atoms with Crippen molar-refractivity contribution in [1.82, 2.24) is 4.90 Å². The summed E-state index contributed by atoms with van der Waals surface area (Å²) in [7, 11) is 0. The second kappa shape index (κ2) is 12.7. The molecule has 0 amide bonds. The molecule has 0 aromatic heterocycles. The van der Waals surface area contributed by atoms with Crippen LogP contribution in [0.4, 0.5) is 5.69 Å². The van der Waals surface area contributed by atoms with E-state index in [9.17, 15) is 5.26 Å². The summed E-state index contributed by atoms with van der Waals surface area (Å²) in [6.07, 6.45) is 16.6. The van der Waals surface area contributed by atoms with Crippen LogP contribution in [0.25, 0.3) is 0 Å². The molecule has 1 unspecified atom stereocenters. The van der Waals surface area contributed by atoms with Crippen molar-refractivity contribution in [3.63, 3.8) is 0 Å². The first-order chi connectivity index (χ1) is 17.6. The standard InChI is InChI=1S/C30H40N6/c1-22(25-14-17-36(18-15-25)29-9-4-3-5-10-29)11-12-26-20-28(13-16-33-30(26)23(2)35-32)34-27-8-6-7-24(19-27)21-31/h6-8,11-12,14,19,28-29,34H,3-5,9-10,13,15-18,20,32H2,1-2H3/b22-11+,26-12+,35-23?. The van der Waals surface area contributed by atoms with Crippen LogP contribution in [0.3, 0.4) is 0 Å². The lowest BCUT2D eigenvalue weighted by atomic mass is 9.91. The summed E-state index contributed by atoms with van der Waals surface area (Å²) < 4.78 is 0. The SMILES string of the molecule is CC(=NN)C1=NCCC(Nc2cccc(C#N)c2)C/C1=C\C=C(/C)C1=CCN(C2CCCCC2)CC1. The van der Waals surface area contributed by atoms with Gasteiger partial charge in [-0.2, -0.15) is 10.4 Å². The fraction of sp³-hybridized carbons (Fsp3) is 0.500. The van der Waals surface area contributed by atoms with Crippen LogP contribution >= 0.6 is 0 Å².